The number of likely N-dealkylation sites (tertiary alicyclic amines) is 1. The molecule has 2 aliphatic rings. The smallest absolute Gasteiger partial charge is 0.321 e. The fourth-order valence-corrected chi connectivity index (χ4v) is 4.56. The van der Waals surface area contributed by atoms with E-state index in [1.807, 2.05) is 37.3 Å². The van der Waals surface area contributed by atoms with E-state index in [4.69, 9.17) is 0 Å². The molecule has 2 aromatic rings. The van der Waals surface area contributed by atoms with E-state index in [1.165, 1.54) is 5.69 Å². The summed E-state index contributed by atoms with van der Waals surface area (Å²) in [5, 5.41) is 6.12. The second-order valence-electron chi connectivity index (χ2n) is 8.77. The average Bonchev–Trinajstić information content (AvgIpc) is 3.27. The average molecular weight is 421 g/mol. The second-order valence-corrected chi connectivity index (χ2v) is 8.77. The van der Waals surface area contributed by atoms with Gasteiger partial charge >= 0.3 is 6.03 Å². The van der Waals surface area contributed by atoms with Gasteiger partial charge in [-0.1, -0.05) is 30.3 Å². The largest absolute Gasteiger partial charge is 0.371 e. The summed E-state index contributed by atoms with van der Waals surface area (Å²) in [7, 11) is 0. The van der Waals surface area contributed by atoms with Crippen molar-refractivity contribution in [3.8, 4) is 0 Å². The van der Waals surface area contributed by atoms with Crippen molar-refractivity contribution in [3.05, 3.63) is 60.2 Å². The van der Waals surface area contributed by atoms with Crippen molar-refractivity contribution in [2.75, 3.05) is 42.9 Å². The maximum atomic E-state index is 12.8. The Balaban J connectivity index is 1.24. The lowest BCUT2D eigenvalue weighted by molar-refractivity contribution is -0.126. The number of piperidine rings is 1. The summed E-state index contributed by atoms with van der Waals surface area (Å²) in [5.41, 5.74) is 3.14. The predicted molar refractivity (Wildman–Crippen MR) is 124 cm³/mol. The number of hydrogen-bond acceptors (Lipinski definition) is 3. The number of rotatable bonds is 5. The van der Waals surface area contributed by atoms with Gasteiger partial charge in [0, 0.05) is 44.1 Å². The molecule has 2 unspecified atom stereocenters. The van der Waals surface area contributed by atoms with Crippen molar-refractivity contribution < 1.29 is 9.59 Å². The Morgan fingerprint density at radius 2 is 1.84 bits per heavy atom. The van der Waals surface area contributed by atoms with Crippen LogP contribution in [-0.2, 0) is 4.79 Å². The van der Waals surface area contributed by atoms with E-state index in [1.54, 1.807) is 4.90 Å². The number of anilines is 2. The van der Waals surface area contributed by atoms with E-state index in [0.29, 0.717) is 25.6 Å². The third-order valence-corrected chi connectivity index (χ3v) is 6.32. The minimum atomic E-state index is -0.136. The van der Waals surface area contributed by atoms with E-state index in [0.717, 1.165) is 43.6 Å². The summed E-state index contributed by atoms with van der Waals surface area (Å²) in [6, 6.07) is 18.1. The van der Waals surface area contributed by atoms with Crippen LogP contribution in [-0.4, -0.2) is 49.6 Å². The van der Waals surface area contributed by atoms with Crippen molar-refractivity contribution in [2.45, 2.75) is 26.2 Å². The van der Waals surface area contributed by atoms with Gasteiger partial charge < -0.3 is 20.4 Å². The van der Waals surface area contributed by atoms with Crippen LogP contribution in [0, 0.1) is 18.8 Å². The van der Waals surface area contributed by atoms with Gasteiger partial charge in [-0.15, -0.1) is 0 Å². The van der Waals surface area contributed by atoms with Gasteiger partial charge in [-0.25, -0.2) is 4.79 Å². The topological polar surface area (TPSA) is 64.7 Å². The molecule has 6 heteroatoms. The summed E-state index contributed by atoms with van der Waals surface area (Å²) >= 11 is 0. The van der Waals surface area contributed by atoms with Crippen LogP contribution >= 0.6 is 0 Å². The molecule has 2 N–H and O–H groups in total. The van der Waals surface area contributed by atoms with Gasteiger partial charge in [-0.3, -0.25) is 4.79 Å². The zero-order chi connectivity index (χ0) is 21.6. The van der Waals surface area contributed by atoms with Crippen LogP contribution in [0.2, 0.25) is 0 Å². The molecule has 0 spiro atoms. The number of hydrogen-bond donors (Lipinski definition) is 2. The molecule has 4 rings (SSSR count). The molecule has 0 aromatic heterocycles. The molecule has 6 nitrogen and oxygen atoms in total. The van der Waals surface area contributed by atoms with Crippen molar-refractivity contribution in [2.24, 2.45) is 11.8 Å². The zero-order valence-corrected chi connectivity index (χ0v) is 18.2. The second kappa shape index (κ2) is 9.86. The number of aryl methyl sites for hydroxylation is 1. The number of nitrogens with one attached hydrogen (secondary N) is 2. The number of para-hydroxylation sites is 1. The Labute approximate surface area is 184 Å². The highest BCUT2D eigenvalue weighted by Gasteiger charge is 2.29. The third-order valence-electron chi connectivity index (χ3n) is 6.32. The number of urea groups is 1. The van der Waals surface area contributed by atoms with Gasteiger partial charge in [-0.2, -0.15) is 0 Å². The van der Waals surface area contributed by atoms with Crippen LogP contribution in [0.4, 0.5) is 16.2 Å². The molecule has 2 atom stereocenters. The van der Waals surface area contributed by atoms with Crippen LogP contribution < -0.4 is 15.5 Å². The molecule has 2 fully saturated rings. The first-order valence-electron chi connectivity index (χ1n) is 11.3. The van der Waals surface area contributed by atoms with Crippen LogP contribution in [0.3, 0.4) is 0 Å². The lowest BCUT2D eigenvalue weighted by atomic mass is 9.97. The van der Waals surface area contributed by atoms with Crippen LogP contribution in [0.25, 0.3) is 0 Å². The molecular formula is C25H32N4O2. The third kappa shape index (κ3) is 5.57. The van der Waals surface area contributed by atoms with Crippen molar-refractivity contribution in [1.82, 2.24) is 10.2 Å². The highest BCUT2D eigenvalue weighted by molar-refractivity contribution is 5.90. The van der Waals surface area contributed by atoms with E-state index >= 15 is 0 Å². The van der Waals surface area contributed by atoms with Gasteiger partial charge in [0.05, 0.1) is 5.92 Å². The number of carbonyl (C=O) groups is 2. The summed E-state index contributed by atoms with van der Waals surface area (Å²) in [4.78, 5) is 29.6. The fourth-order valence-electron chi connectivity index (χ4n) is 4.56. The van der Waals surface area contributed by atoms with Gasteiger partial charge in [-0.05, 0) is 61.9 Å². The Bertz CT molecular complexity index is 901. The Morgan fingerprint density at radius 1 is 1.00 bits per heavy atom. The summed E-state index contributed by atoms with van der Waals surface area (Å²) < 4.78 is 0. The van der Waals surface area contributed by atoms with Crippen LogP contribution in [0.15, 0.2) is 54.6 Å². The molecule has 2 saturated heterocycles. The quantitative estimate of drug-likeness (QED) is 0.772. The zero-order valence-electron chi connectivity index (χ0n) is 18.2. The predicted octanol–water partition coefficient (Wildman–Crippen LogP) is 3.88. The van der Waals surface area contributed by atoms with Gasteiger partial charge in [0.15, 0.2) is 0 Å². The monoisotopic (exact) mass is 420 g/mol. The van der Waals surface area contributed by atoms with Gasteiger partial charge in [0.1, 0.15) is 0 Å². The molecule has 3 amide bonds. The number of nitrogens with zero attached hydrogens (tertiary/aromatic N) is 2. The molecule has 164 valence electrons. The maximum Gasteiger partial charge on any atom is 0.321 e. The Kier molecular flexibility index (Phi) is 6.75. The molecule has 2 heterocycles. The molecule has 2 aliphatic heterocycles. The Morgan fingerprint density at radius 3 is 2.65 bits per heavy atom. The van der Waals surface area contributed by atoms with E-state index in [9.17, 15) is 9.59 Å². The first-order valence-corrected chi connectivity index (χ1v) is 11.3. The molecule has 0 bridgehead atoms. The highest BCUT2D eigenvalue weighted by Crippen LogP contribution is 2.23. The van der Waals surface area contributed by atoms with Crippen LogP contribution in [0.5, 0.6) is 0 Å². The minimum Gasteiger partial charge on any atom is -0.371 e. The fraction of sp³-hybridized carbons (Fsp3) is 0.440. The molecule has 2 aromatic carbocycles. The standard InChI is InChI=1S/C25H32N4O2/c1-19-7-5-9-22(15-19)27-25(31)29-13-6-8-21(18-29)24(30)26-16-20-12-14-28(17-20)23-10-3-2-4-11-23/h2-5,7,9-11,15,20-21H,6,8,12-14,16-18H2,1H3,(H,26,30)(H,27,31). The summed E-state index contributed by atoms with van der Waals surface area (Å²) in [5.74, 6) is 0.406. The van der Waals surface area contributed by atoms with Gasteiger partial charge in [0.25, 0.3) is 0 Å². The number of benzene rings is 2. The van der Waals surface area contributed by atoms with Gasteiger partial charge in [0.2, 0.25) is 5.91 Å². The van der Waals surface area contributed by atoms with Crippen molar-refractivity contribution in [3.63, 3.8) is 0 Å². The van der Waals surface area contributed by atoms with Crippen LogP contribution in [0.1, 0.15) is 24.8 Å². The highest BCUT2D eigenvalue weighted by atomic mass is 16.2. The first kappa shape index (κ1) is 21.2. The Hall–Kier alpha value is -3.02. The first-order chi connectivity index (χ1) is 15.1. The normalized spacial score (nSPS) is 21.1. The SMILES string of the molecule is Cc1cccc(NC(=O)N2CCCC(C(=O)NCC3CCN(c4ccccc4)C3)C2)c1. The molecule has 0 radical (unpaired) electrons. The summed E-state index contributed by atoms with van der Waals surface area (Å²) in [6.07, 6.45) is 2.77. The lowest BCUT2D eigenvalue weighted by Gasteiger charge is -2.32. The molecule has 0 aliphatic carbocycles. The maximum absolute atomic E-state index is 12.8. The lowest BCUT2D eigenvalue weighted by Crippen LogP contribution is -2.47. The number of amides is 3. The molecule has 0 saturated carbocycles. The molecular weight excluding hydrogens is 388 g/mol. The van der Waals surface area contributed by atoms with Crippen molar-refractivity contribution in [1.29, 1.82) is 0 Å². The molecule has 31 heavy (non-hydrogen) atoms. The van der Waals surface area contributed by atoms with Crippen molar-refractivity contribution >= 4 is 23.3 Å². The summed E-state index contributed by atoms with van der Waals surface area (Å²) in [6.45, 7) is 5.87. The van der Waals surface area contributed by atoms with E-state index < -0.39 is 0 Å². The number of carbonyl (C=O) groups excluding carboxylic acids is 2. The minimum absolute atomic E-state index is 0.0752. The van der Waals surface area contributed by atoms with E-state index in [2.05, 4.69) is 39.8 Å². The van der Waals surface area contributed by atoms with E-state index in [-0.39, 0.29) is 17.9 Å².